The number of hydrogen-bond donors (Lipinski definition) is 1. The van der Waals surface area contributed by atoms with Crippen molar-refractivity contribution in [2.45, 2.75) is 39.4 Å². The van der Waals surface area contributed by atoms with Gasteiger partial charge in [0, 0.05) is 18.9 Å². The molecule has 0 fully saturated rings. The molecule has 0 aliphatic carbocycles. The summed E-state index contributed by atoms with van der Waals surface area (Å²) < 4.78 is 43.3. The van der Waals surface area contributed by atoms with E-state index in [2.05, 4.69) is 22.3 Å². The number of nitrogens with zero attached hydrogens (tertiary/aromatic N) is 4. The van der Waals surface area contributed by atoms with Crippen LogP contribution in [0.2, 0.25) is 0 Å². The van der Waals surface area contributed by atoms with E-state index in [1.807, 2.05) is 19.2 Å². The fourth-order valence-electron chi connectivity index (χ4n) is 2.82. The Bertz CT molecular complexity index is 863. The lowest BCUT2D eigenvalue weighted by atomic mass is 10.2. The number of hydrogen-bond acceptors (Lipinski definition) is 3. The normalized spacial score (nSPS) is 12.0. The second kappa shape index (κ2) is 6.78. The molecule has 0 bridgehead atoms. The molecule has 0 aromatic carbocycles. The second-order valence-corrected chi connectivity index (χ2v) is 5.87. The molecule has 0 saturated carbocycles. The zero-order valence-corrected chi connectivity index (χ0v) is 14.1. The molecule has 0 atom stereocenters. The molecule has 0 aliphatic heterocycles. The highest BCUT2D eigenvalue weighted by Gasteiger charge is 2.38. The topological polar surface area (TPSA) is 47.2 Å². The minimum absolute atomic E-state index is 0.0286. The summed E-state index contributed by atoms with van der Waals surface area (Å²) in [7, 11) is 0. The minimum atomic E-state index is -4.53. The maximum absolute atomic E-state index is 13.4. The molecular formula is C17H20F3N5. The van der Waals surface area contributed by atoms with E-state index >= 15 is 0 Å². The van der Waals surface area contributed by atoms with Crippen molar-refractivity contribution in [3.8, 4) is 0 Å². The largest absolute Gasteiger partial charge is 0.435 e. The zero-order valence-electron chi connectivity index (χ0n) is 14.1. The van der Waals surface area contributed by atoms with E-state index in [1.54, 1.807) is 22.9 Å². The van der Waals surface area contributed by atoms with Gasteiger partial charge >= 0.3 is 6.18 Å². The number of rotatable bonds is 6. The van der Waals surface area contributed by atoms with Gasteiger partial charge in [0.05, 0.1) is 12.2 Å². The highest BCUT2D eigenvalue weighted by Crippen LogP contribution is 2.32. The number of nitrogens with one attached hydrogen (secondary N) is 1. The van der Waals surface area contributed by atoms with Gasteiger partial charge in [0.1, 0.15) is 5.82 Å². The highest BCUT2D eigenvalue weighted by atomic mass is 19.4. The predicted octanol–water partition coefficient (Wildman–Crippen LogP) is 3.98. The van der Waals surface area contributed by atoms with Gasteiger partial charge < -0.3 is 9.88 Å². The van der Waals surface area contributed by atoms with Crippen molar-refractivity contribution in [3.63, 3.8) is 0 Å². The van der Waals surface area contributed by atoms with Gasteiger partial charge in [-0.05, 0) is 37.1 Å². The third-order valence-corrected chi connectivity index (χ3v) is 3.88. The van der Waals surface area contributed by atoms with Crippen LogP contribution in [-0.4, -0.2) is 25.7 Å². The summed E-state index contributed by atoms with van der Waals surface area (Å²) in [4.78, 5) is 3.76. The first kappa shape index (κ1) is 17.3. The van der Waals surface area contributed by atoms with Crippen molar-refractivity contribution in [1.29, 1.82) is 0 Å². The van der Waals surface area contributed by atoms with Crippen molar-refractivity contribution in [3.05, 3.63) is 47.5 Å². The summed E-state index contributed by atoms with van der Waals surface area (Å²) in [6.07, 6.45) is 1.02. The van der Waals surface area contributed by atoms with Crippen molar-refractivity contribution in [2.75, 3.05) is 11.9 Å². The molecule has 3 rings (SSSR count). The van der Waals surface area contributed by atoms with E-state index in [4.69, 9.17) is 0 Å². The van der Waals surface area contributed by atoms with Crippen LogP contribution in [0.15, 0.2) is 30.6 Å². The van der Waals surface area contributed by atoms with Gasteiger partial charge in [-0.2, -0.15) is 13.2 Å². The Labute approximate surface area is 143 Å². The summed E-state index contributed by atoms with van der Waals surface area (Å²) in [5.41, 5.74) is 0.427. The molecule has 3 heterocycles. The number of imidazole rings is 1. The van der Waals surface area contributed by atoms with Crippen LogP contribution in [0.25, 0.3) is 5.65 Å². The van der Waals surface area contributed by atoms with Gasteiger partial charge in [0.2, 0.25) is 0 Å². The maximum atomic E-state index is 13.4. The van der Waals surface area contributed by atoms with Crippen LogP contribution in [0, 0.1) is 0 Å². The Morgan fingerprint density at radius 2 is 1.96 bits per heavy atom. The molecule has 3 aromatic rings. The highest BCUT2D eigenvalue weighted by molar-refractivity contribution is 5.47. The first-order valence-electron chi connectivity index (χ1n) is 8.26. The minimum Gasteiger partial charge on any atom is -0.369 e. The van der Waals surface area contributed by atoms with Crippen LogP contribution in [0.4, 0.5) is 19.0 Å². The molecule has 25 heavy (non-hydrogen) atoms. The number of aryl methyl sites for hydroxylation is 1. The van der Waals surface area contributed by atoms with Gasteiger partial charge in [0.25, 0.3) is 0 Å². The molecule has 3 aromatic heterocycles. The SMILES string of the molecule is CCCc1ccn(Cc2c(C(F)(F)F)nc3ccc(NCC)nn23)c1. The van der Waals surface area contributed by atoms with Crippen LogP contribution in [0.1, 0.15) is 37.2 Å². The summed E-state index contributed by atoms with van der Waals surface area (Å²) in [6, 6.07) is 5.10. The number of fused-ring (bicyclic) bond motifs is 1. The molecular weight excluding hydrogens is 331 g/mol. The van der Waals surface area contributed by atoms with Gasteiger partial charge in [-0.15, -0.1) is 5.10 Å². The average Bonchev–Trinajstić information content (AvgIpc) is 3.13. The summed E-state index contributed by atoms with van der Waals surface area (Å²) in [6.45, 7) is 4.65. The first-order chi connectivity index (χ1) is 11.9. The molecule has 5 nitrogen and oxygen atoms in total. The Morgan fingerprint density at radius 3 is 2.64 bits per heavy atom. The van der Waals surface area contributed by atoms with Crippen molar-refractivity contribution in [1.82, 2.24) is 19.2 Å². The third-order valence-electron chi connectivity index (χ3n) is 3.88. The lowest BCUT2D eigenvalue weighted by Crippen LogP contribution is -2.13. The molecule has 0 radical (unpaired) electrons. The number of halogens is 3. The van der Waals surface area contributed by atoms with E-state index in [9.17, 15) is 13.2 Å². The molecule has 134 valence electrons. The van der Waals surface area contributed by atoms with Crippen molar-refractivity contribution < 1.29 is 13.2 Å². The second-order valence-electron chi connectivity index (χ2n) is 5.87. The molecule has 0 saturated heterocycles. The van der Waals surface area contributed by atoms with Crippen LogP contribution in [-0.2, 0) is 19.1 Å². The fourth-order valence-corrected chi connectivity index (χ4v) is 2.82. The Kier molecular flexibility index (Phi) is 4.69. The molecule has 0 amide bonds. The monoisotopic (exact) mass is 351 g/mol. The summed E-state index contributed by atoms with van der Waals surface area (Å²) in [5, 5.41) is 7.28. The summed E-state index contributed by atoms with van der Waals surface area (Å²) in [5.74, 6) is 0.515. The molecule has 8 heteroatoms. The van der Waals surface area contributed by atoms with E-state index in [0.717, 1.165) is 18.4 Å². The average molecular weight is 351 g/mol. The van der Waals surface area contributed by atoms with Crippen LogP contribution in [0.5, 0.6) is 0 Å². The van der Waals surface area contributed by atoms with Crippen LogP contribution < -0.4 is 5.32 Å². The van der Waals surface area contributed by atoms with E-state index in [0.29, 0.717) is 12.4 Å². The Morgan fingerprint density at radius 1 is 1.16 bits per heavy atom. The fraction of sp³-hybridized carbons (Fsp3) is 0.412. The van der Waals surface area contributed by atoms with Gasteiger partial charge in [0.15, 0.2) is 11.3 Å². The number of alkyl halides is 3. The maximum Gasteiger partial charge on any atom is 0.435 e. The quantitative estimate of drug-likeness (QED) is 0.731. The van der Waals surface area contributed by atoms with E-state index < -0.39 is 11.9 Å². The molecule has 1 N–H and O–H groups in total. The number of aromatic nitrogens is 4. The summed E-state index contributed by atoms with van der Waals surface area (Å²) >= 11 is 0. The first-order valence-corrected chi connectivity index (χ1v) is 8.26. The van der Waals surface area contributed by atoms with Crippen molar-refractivity contribution in [2.24, 2.45) is 0 Å². The van der Waals surface area contributed by atoms with Gasteiger partial charge in [-0.1, -0.05) is 13.3 Å². The molecule has 0 spiro atoms. The van der Waals surface area contributed by atoms with E-state index in [-0.39, 0.29) is 17.9 Å². The van der Waals surface area contributed by atoms with Crippen molar-refractivity contribution >= 4 is 11.5 Å². The smallest absolute Gasteiger partial charge is 0.369 e. The Hall–Kier alpha value is -2.51. The lowest BCUT2D eigenvalue weighted by Gasteiger charge is -2.09. The molecule has 0 aliphatic rings. The zero-order chi connectivity index (χ0) is 18.0. The van der Waals surface area contributed by atoms with E-state index in [1.165, 1.54) is 4.52 Å². The molecule has 0 unspecified atom stereocenters. The lowest BCUT2D eigenvalue weighted by molar-refractivity contribution is -0.141. The van der Waals surface area contributed by atoms with Crippen LogP contribution in [0.3, 0.4) is 0 Å². The third kappa shape index (κ3) is 3.62. The standard InChI is InChI=1S/C17H20F3N5/c1-3-5-12-8-9-24(10-12)11-13-16(17(18,19)20)22-15-7-6-14(21-4-2)23-25(13)15/h6-10H,3-5,11H2,1-2H3,(H,21,23). The van der Waals surface area contributed by atoms with Crippen LogP contribution >= 0.6 is 0 Å². The Balaban J connectivity index is 2.06. The van der Waals surface area contributed by atoms with Gasteiger partial charge in [-0.25, -0.2) is 9.50 Å². The predicted molar refractivity (Wildman–Crippen MR) is 89.7 cm³/mol. The number of anilines is 1. The van der Waals surface area contributed by atoms with Gasteiger partial charge in [-0.3, -0.25) is 0 Å².